The minimum atomic E-state index is -0.232. The van der Waals surface area contributed by atoms with Gasteiger partial charge in [0.15, 0.2) is 0 Å². The van der Waals surface area contributed by atoms with Crippen LogP contribution in [0.1, 0.15) is 70.5 Å². The molecular formula is C33H36. The third-order valence-corrected chi connectivity index (χ3v) is 7.81. The van der Waals surface area contributed by atoms with Gasteiger partial charge in [-0.15, -0.1) is 0 Å². The van der Waals surface area contributed by atoms with Crippen LogP contribution in [0.15, 0.2) is 60.7 Å². The van der Waals surface area contributed by atoms with Crippen LogP contribution in [0.2, 0.25) is 0 Å². The lowest BCUT2D eigenvalue weighted by atomic mass is 9.69. The minimum Gasteiger partial charge on any atom is -0.0776 e. The molecule has 0 fully saturated rings. The quantitative estimate of drug-likeness (QED) is 0.224. The van der Waals surface area contributed by atoms with Gasteiger partial charge in [0, 0.05) is 0 Å². The SMILES string of the molecule is C.C.Cc1ccc2c(c1)C1(c3cc(C)ccc3-2)c2cc(C)c(C)cc2-c2cc(C)c(C)cc21. The van der Waals surface area contributed by atoms with E-state index in [4.69, 9.17) is 0 Å². The van der Waals surface area contributed by atoms with Crippen LogP contribution < -0.4 is 0 Å². The second kappa shape index (κ2) is 7.45. The lowest BCUT2D eigenvalue weighted by Gasteiger charge is -2.31. The summed E-state index contributed by atoms with van der Waals surface area (Å²) < 4.78 is 0. The first-order valence-electron chi connectivity index (χ1n) is 11.3. The van der Waals surface area contributed by atoms with Crippen molar-refractivity contribution in [2.45, 2.75) is 61.8 Å². The predicted octanol–water partition coefficient (Wildman–Crippen LogP) is 9.15. The number of hydrogen-bond acceptors (Lipinski definition) is 0. The van der Waals surface area contributed by atoms with Gasteiger partial charge in [0.1, 0.15) is 0 Å². The Labute approximate surface area is 200 Å². The molecule has 1 spiro atoms. The molecule has 0 saturated carbocycles. The van der Waals surface area contributed by atoms with E-state index in [1.54, 1.807) is 0 Å². The molecule has 0 unspecified atom stereocenters. The fourth-order valence-electron chi connectivity index (χ4n) is 5.98. The lowest BCUT2D eigenvalue weighted by Crippen LogP contribution is -2.26. The van der Waals surface area contributed by atoms with E-state index in [1.807, 2.05) is 0 Å². The summed E-state index contributed by atoms with van der Waals surface area (Å²) >= 11 is 0. The first kappa shape index (κ1) is 23.1. The van der Waals surface area contributed by atoms with E-state index in [2.05, 4.69) is 102 Å². The Bertz CT molecular complexity index is 1320. The van der Waals surface area contributed by atoms with Crippen molar-refractivity contribution in [3.63, 3.8) is 0 Å². The largest absolute Gasteiger partial charge is 0.0776 e. The summed E-state index contributed by atoms with van der Waals surface area (Å²) in [7, 11) is 0. The molecule has 0 N–H and O–H groups in total. The minimum absolute atomic E-state index is 0. The molecule has 0 aliphatic heterocycles. The second-order valence-electron chi connectivity index (χ2n) is 9.81. The van der Waals surface area contributed by atoms with Crippen molar-refractivity contribution in [2.75, 3.05) is 0 Å². The van der Waals surface area contributed by atoms with Gasteiger partial charge in [-0.2, -0.15) is 0 Å². The number of fused-ring (bicyclic) bond motifs is 10. The highest BCUT2D eigenvalue weighted by Crippen LogP contribution is 2.63. The fourth-order valence-corrected chi connectivity index (χ4v) is 5.98. The van der Waals surface area contributed by atoms with E-state index >= 15 is 0 Å². The van der Waals surface area contributed by atoms with Gasteiger partial charge in [0.2, 0.25) is 0 Å². The molecule has 0 heteroatoms. The van der Waals surface area contributed by atoms with Crippen LogP contribution in [0.4, 0.5) is 0 Å². The summed E-state index contributed by atoms with van der Waals surface area (Å²) in [6, 6.07) is 23.9. The smallest absolute Gasteiger partial charge is 0.0725 e. The maximum Gasteiger partial charge on any atom is 0.0725 e. The summed E-state index contributed by atoms with van der Waals surface area (Å²) in [5.74, 6) is 0. The van der Waals surface area contributed by atoms with Crippen molar-refractivity contribution in [3.05, 3.63) is 116 Å². The van der Waals surface area contributed by atoms with E-state index in [1.165, 1.54) is 77.9 Å². The van der Waals surface area contributed by atoms with Gasteiger partial charge in [-0.25, -0.2) is 0 Å². The predicted molar refractivity (Wildman–Crippen MR) is 145 cm³/mol. The molecule has 33 heavy (non-hydrogen) atoms. The Kier molecular flexibility index (Phi) is 5.21. The van der Waals surface area contributed by atoms with Gasteiger partial charge in [-0.3, -0.25) is 0 Å². The molecule has 0 nitrogen and oxygen atoms in total. The summed E-state index contributed by atoms with van der Waals surface area (Å²) in [4.78, 5) is 0. The van der Waals surface area contributed by atoms with E-state index in [0.29, 0.717) is 0 Å². The zero-order chi connectivity index (χ0) is 21.7. The number of hydrogen-bond donors (Lipinski definition) is 0. The zero-order valence-corrected chi connectivity index (χ0v) is 19.3. The first-order valence-corrected chi connectivity index (χ1v) is 11.3. The molecular weight excluding hydrogens is 396 g/mol. The average Bonchev–Trinajstić information content (AvgIpc) is 3.14. The molecule has 4 aromatic rings. The highest BCUT2D eigenvalue weighted by Gasteiger charge is 2.52. The summed E-state index contributed by atoms with van der Waals surface area (Å²) in [5.41, 5.74) is 19.3. The summed E-state index contributed by atoms with van der Waals surface area (Å²) in [5, 5.41) is 0. The van der Waals surface area contributed by atoms with Crippen molar-refractivity contribution in [2.24, 2.45) is 0 Å². The number of rotatable bonds is 0. The Hall–Kier alpha value is -3.12. The Balaban J connectivity index is 0.00000130. The Morgan fingerprint density at radius 2 is 0.727 bits per heavy atom. The highest BCUT2D eigenvalue weighted by atomic mass is 14.5. The number of benzene rings is 4. The molecule has 168 valence electrons. The third-order valence-electron chi connectivity index (χ3n) is 7.81. The molecule has 0 amide bonds. The van der Waals surface area contributed by atoms with Crippen LogP contribution in [-0.4, -0.2) is 0 Å². The van der Waals surface area contributed by atoms with Gasteiger partial charge in [-0.05, 0) is 108 Å². The molecule has 4 aromatic carbocycles. The maximum atomic E-state index is 2.47. The fraction of sp³-hybridized carbons (Fsp3) is 0.273. The monoisotopic (exact) mass is 432 g/mol. The van der Waals surface area contributed by atoms with Crippen molar-refractivity contribution in [1.82, 2.24) is 0 Å². The summed E-state index contributed by atoms with van der Waals surface area (Å²) in [6.07, 6.45) is 0. The first-order chi connectivity index (χ1) is 14.8. The Morgan fingerprint density at radius 1 is 0.394 bits per heavy atom. The van der Waals surface area contributed by atoms with Crippen molar-refractivity contribution < 1.29 is 0 Å². The third kappa shape index (κ3) is 2.76. The highest BCUT2D eigenvalue weighted by molar-refractivity contribution is 5.95. The maximum absolute atomic E-state index is 2.47. The summed E-state index contributed by atoms with van der Waals surface area (Å²) in [6.45, 7) is 13.4. The lowest BCUT2D eigenvalue weighted by molar-refractivity contribution is 0.788. The van der Waals surface area contributed by atoms with Crippen LogP contribution in [0.5, 0.6) is 0 Å². The topological polar surface area (TPSA) is 0 Å². The van der Waals surface area contributed by atoms with Gasteiger partial charge < -0.3 is 0 Å². The molecule has 0 heterocycles. The molecule has 6 rings (SSSR count). The van der Waals surface area contributed by atoms with Gasteiger partial charge in [0.05, 0.1) is 5.41 Å². The number of aryl methyl sites for hydroxylation is 6. The van der Waals surface area contributed by atoms with Gasteiger partial charge >= 0.3 is 0 Å². The molecule has 2 aliphatic carbocycles. The van der Waals surface area contributed by atoms with Crippen LogP contribution in [0.3, 0.4) is 0 Å². The van der Waals surface area contributed by atoms with Crippen LogP contribution in [0, 0.1) is 41.5 Å². The van der Waals surface area contributed by atoms with Crippen molar-refractivity contribution in [1.29, 1.82) is 0 Å². The van der Waals surface area contributed by atoms with Crippen molar-refractivity contribution >= 4 is 0 Å². The van der Waals surface area contributed by atoms with Gasteiger partial charge in [0.25, 0.3) is 0 Å². The molecule has 0 aromatic heterocycles. The van der Waals surface area contributed by atoms with E-state index < -0.39 is 0 Å². The molecule has 0 atom stereocenters. The molecule has 0 radical (unpaired) electrons. The van der Waals surface area contributed by atoms with Crippen molar-refractivity contribution in [3.8, 4) is 22.3 Å². The Morgan fingerprint density at radius 3 is 1.12 bits per heavy atom. The second-order valence-corrected chi connectivity index (χ2v) is 9.81. The molecule has 2 aliphatic rings. The van der Waals surface area contributed by atoms with Crippen LogP contribution >= 0.6 is 0 Å². The molecule has 0 bridgehead atoms. The van der Waals surface area contributed by atoms with E-state index in [9.17, 15) is 0 Å². The van der Waals surface area contributed by atoms with Crippen LogP contribution in [0.25, 0.3) is 22.3 Å². The standard InChI is InChI=1S/C31H28.2CH4/c1-17-7-9-23-24-10-8-18(2)12-28(24)31(27(23)11-17)29-15-21(5)19(3)13-25(29)26-14-20(4)22(6)16-30(26)31;;/h7-16H,1-6H3;2*1H4. The average molecular weight is 433 g/mol. The van der Waals surface area contributed by atoms with E-state index in [0.717, 1.165) is 0 Å². The normalized spacial score (nSPS) is 13.5. The van der Waals surface area contributed by atoms with Gasteiger partial charge in [-0.1, -0.05) is 86.6 Å². The molecule has 0 saturated heterocycles. The zero-order valence-electron chi connectivity index (χ0n) is 19.3. The van der Waals surface area contributed by atoms with E-state index in [-0.39, 0.29) is 20.3 Å². The van der Waals surface area contributed by atoms with Crippen LogP contribution in [-0.2, 0) is 5.41 Å².